The number of hydrogen-bond acceptors (Lipinski definition) is 2. The molecule has 13 heavy (non-hydrogen) atoms. The second kappa shape index (κ2) is 4.09. The van der Waals surface area contributed by atoms with Gasteiger partial charge in [0.15, 0.2) is 0 Å². The second-order valence-electron chi connectivity index (χ2n) is 4.12. The predicted molar refractivity (Wildman–Crippen MR) is 51.5 cm³/mol. The fourth-order valence-electron chi connectivity index (χ4n) is 2.46. The fourth-order valence-corrected chi connectivity index (χ4v) is 2.46. The van der Waals surface area contributed by atoms with E-state index in [4.69, 9.17) is 0 Å². The maximum absolute atomic E-state index is 10.5. The standard InChI is InChI=1S/C10H18N2O/c13-9-11-7-3-10(4-8-11)12-5-1-2-6-12/h9-10H,1-8H2. The quantitative estimate of drug-likeness (QED) is 0.587. The van der Waals surface area contributed by atoms with Gasteiger partial charge in [-0.25, -0.2) is 0 Å². The van der Waals surface area contributed by atoms with Gasteiger partial charge in [0.25, 0.3) is 0 Å². The maximum atomic E-state index is 10.5. The zero-order chi connectivity index (χ0) is 9.10. The van der Waals surface area contributed by atoms with Gasteiger partial charge >= 0.3 is 0 Å². The molecule has 1 amide bonds. The number of rotatable bonds is 2. The Morgan fingerprint density at radius 3 is 2.15 bits per heavy atom. The van der Waals surface area contributed by atoms with Crippen LogP contribution in [0.25, 0.3) is 0 Å². The van der Waals surface area contributed by atoms with Crippen LogP contribution in [0.5, 0.6) is 0 Å². The summed E-state index contributed by atoms with van der Waals surface area (Å²) in [4.78, 5) is 15.0. The summed E-state index contributed by atoms with van der Waals surface area (Å²) in [5.41, 5.74) is 0. The summed E-state index contributed by atoms with van der Waals surface area (Å²) >= 11 is 0. The smallest absolute Gasteiger partial charge is 0.209 e. The van der Waals surface area contributed by atoms with Crippen molar-refractivity contribution in [2.24, 2.45) is 0 Å². The lowest BCUT2D eigenvalue weighted by molar-refractivity contribution is -0.119. The van der Waals surface area contributed by atoms with E-state index in [9.17, 15) is 4.79 Å². The van der Waals surface area contributed by atoms with Gasteiger partial charge in [0.2, 0.25) is 6.41 Å². The molecule has 2 rings (SSSR count). The Balaban J connectivity index is 1.79. The molecule has 2 fully saturated rings. The molecule has 0 aromatic carbocycles. The van der Waals surface area contributed by atoms with E-state index in [2.05, 4.69) is 4.90 Å². The molecular formula is C10H18N2O. The maximum Gasteiger partial charge on any atom is 0.209 e. The summed E-state index contributed by atoms with van der Waals surface area (Å²) in [5, 5.41) is 0. The van der Waals surface area contributed by atoms with Crippen molar-refractivity contribution >= 4 is 6.41 Å². The molecule has 0 radical (unpaired) electrons. The van der Waals surface area contributed by atoms with Crippen LogP contribution in [0.1, 0.15) is 25.7 Å². The Kier molecular flexibility index (Phi) is 2.83. The highest BCUT2D eigenvalue weighted by Gasteiger charge is 2.25. The van der Waals surface area contributed by atoms with Crippen molar-refractivity contribution in [1.29, 1.82) is 0 Å². The molecule has 0 atom stereocenters. The number of hydrogen-bond donors (Lipinski definition) is 0. The molecule has 0 aromatic heterocycles. The van der Waals surface area contributed by atoms with Crippen molar-refractivity contribution in [1.82, 2.24) is 9.80 Å². The average molecular weight is 182 g/mol. The summed E-state index contributed by atoms with van der Waals surface area (Å²) in [6, 6.07) is 0.763. The highest BCUT2D eigenvalue weighted by molar-refractivity contribution is 5.47. The minimum atomic E-state index is 0.763. The molecule has 2 aliphatic rings. The van der Waals surface area contributed by atoms with Gasteiger partial charge in [-0.3, -0.25) is 4.79 Å². The number of carbonyl (C=O) groups excluding carboxylic acids is 1. The van der Waals surface area contributed by atoms with Gasteiger partial charge in [-0.05, 0) is 38.8 Å². The first kappa shape index (κ1) is 9.00. The first-order chi connectivity index (χ1) is 6.40. The van der Waals surface area contributed by atoms with E-state index in [-0.39, 0.29) is 0 Å². The Bertz CT molecular complexity index is 170. The first-order valence-corrected chi connectivity index (χ1v) is 5.33. The normalized spacial score (nSPS) is 26.6. The highest BCUT2D eigenvalue weighted by atomic mass is 16.1. The molecule has 2 aliphatic heterocycles. The molecule has 0 aliphatic carbocycles. The highest BCUT2D eigenvalue weighted by Crippen LogP contribution is 2.20. The predicted octanol–water partition coefficient (Wildman–Crippen LogP) is 0.703. The molecule has 2 heterocycles. The van der Waals surface area contributed by atoms with E-state index in [1.807, 2.05) is 4.90 Å². The molecule has 0 bridgehead atoms. The number of amides is 1. The molecule has 0 aromatic rings. The number of carbonyl (C=O) groups is 1. The molecule has 74 valence electrons. The van der Waals surface area contributed by atoms with Crippen molar-refractivity contribution < 1.29 is 4.79 Å². The largest absolute Gasteiger partial charge is 0.345 e. The van der Waals surface area contributed by atoms with Crippen LogP contribution in [0.2, 0.25) is 0 Å². The zero-order valence-corrected chi connectivity index (χ0v) is 8.11. The Labute approximate surface area is 79.7 Å². The van der Waals surface area contributed by atoms with E-state index in [0.29, 0.717) is 0 Å². The van der Waals surface area contributed by atoms with Crippen molar-refractivity contribution in [3.05, 3.63) is 0 Å². The van der Waals surface area contributed by atoms with Crippen LogP contribution in [0.15, 0.2) is 0 Å². The lowest BCUT2D eigenvalue weighted by atomic mass is 10.0. The number of nitrogens with zero attached hydrogens (tertiary/aromatic N) is 2. The Hall–Kier alpha value is -0.570. The zero-order valence-electron chi connectivity index (χ0n) is 8.11. The second-order valence-corrected chi connectivity index (χ2v) is 4.12. The van der Waals surface area contributed by atoms with Crippen LogP contribution < -0.4 is 0 Å². The third-order valence-corrected chi connectivity index (χ3v) is 3.31. The number of piperidine rings is 1. The van der Waals surface area contributed by atoms with Gasteiger partial charge < -0.3 is 9.80 Å². The third kappa shape index (κ3) is 2.02. The van der Waals surface area contributed by atoms with Gasteiger partial charge in [0.1, 0.15) is 0 Å². The monoisotopic (exact) mass is 182 g/mol. The van der Waals surface area contributed by atoms with Crippen LogP contribution in [-0.2, 0) is 4.79 Å². The number of likely N-dealkylation sites (tertiary alicyclic amines) is 2. The summed E-state index contributed by atoms with van der Waals surface area (Å²) in [6.45, 7) is 4.49. The Morgan fingerprint density at radius 1 is 1.00 bits per heavy atom. The molecule has 2 saturated heterocycles. The van der Waals surface area contributed by atoms with Crippen LogP contribution in [0.4, 0.5) is 0 Å². The van der Waals surface area contributed by atoms with Crippen molar-refractivity contribution in [3.63, 3.8) is 0 Å². The SMILES string of the molecule is O=CN1CCC(N2CCCC2)CC1. The molecule has 3 nitrogen and oxygen atoms in total. The summed E-state index contributed by atoms with van der Waals surface area (Å²) < 4.78 is 0. The van der Waals surface area contributed by atoms with E-state index in [0.717, 1.165) is 25.5 Å². The van der Waals surface area contributed by atoms with Crippen LogP contribution in [0, 0.1) is 0 Å². The van der Waals surface area contributed by atoms with Gasteiger partial charge in [-0.15, -0.1) is 0 Å². The summed E-state index contributed by atoms with van der Waals surface area (Å²) in [5.74, 6) is 0. The van der Waals surface area contributed by atoms with E-state index in [1.165, 1.54) is 38.8 Å². The van der Waals surface area contributed by atoms with Crippen LogP contribution in [0.3, 0.4) is 0 Å². The van der Waals surface area contributed by atoms with Gasteiger partial charge in [0, 0.05) is 19.1 Å². The van der Waals surface area contributed by atoms with Gasteiger partial charge in [0.05, 0.1) is 0 Å². The topological polar surface area (TPSA) is 23.6 Å². The average Bonchev–Trinajstić information content (AvgIpc) is 2.71. The van der Waals surface area contributed by atoms with E-state index < -0.39 is 0 Å². The fraction of sp³-hybridized carbons (Fsp3) is 0.900. The molecule has 3 heteroatoms. The molecular weight excluding hydrogens is 164 g/mol. The minimum Gasteiger partial charge on any atom is -0.345 e. The van der Waals surface area contributed by atoms with Gasteiger partial charge in [-0.2, -0.15) is 0 Å². The van der Waals surface area contributed by atoms with Crippen LogP contribution in [-0.4, -0.2) is 48.4 Å². The van der Waals surface area contributed by atoms with E-state index >= 15 is 0 Å². The van der Waals surface area contributed by atoms with Crippen molar-refractivity contribution in [3.8, 4) is 0 Å². The summed E-state index contributed by atoms with van der Waals surface area (Å²) in [6.07, 6.45) is 6.08. The lowest BCUT2D eigenvalue weighted by Crippen LogP contribution is -2.43. The van der Waals surface area contributed by atoms with Crippen LogP contribution >= 0.6 is 0 Å². The van der Waals surface area contributed by atoms with Gasteiger partial charge in [-0.1, -0.05) is 0 Å². The molecule has 0 saturated carbocycles. The summed E-state index contributed by atoms with van der Waals surface area (Å²) in [7, 11) is 0. The molecule has 0 N–H and O–H groups in total. The van der Waals surface area contributed by atoms with E-state index in [1.54, 1.807) is 0 Å². The van der Waals surface area contributed by atoms with Crippen molar-refractivity contribution in [2.75, 3.05) is 26.2 Å². The molecule has 0 unspecified atom stereocenters. The first-order valence-electron chi connectivity index (χ1n) is 5.33. The Morgan fingerprint density at radius 2 is 1.62 bits per heavy atom. The van der Waals surface area contributed by atoms with Crippen molar-refractivity contribution in [2.45, 2.75) is 31.7 Å². The lowest BCUT2D eigenvalue weighted by Gasteiger charge is -2.34. The third-order valence-electron chi connectivity index (χ3n) is 3.31. The molecule has 0 spiro atoms. The minimum absolute atomic E-state index is 0.763.